The summed E-state index contributed by atoms with van der Waals surface area (Å²) in [6.45, 7) is 4.30. The van der Waals surface area contributed by atoms with Gasteiger partial charge in [0.2, 0.25) is 0 Å². The number of rotatable bonds is 2. The number of ether oxygens (including phenoxy) is 1. The second kappa shape index (κ2) is 4.30. The first-order chi connectivity index (χ1) is 8.25. The van der Waals surface area contributed by atoms with Gasteiger partial charge >= 0.3 is 0 Å². The van der Waals surface area contributed by atoms with Crippen molar-refractivity contribution in [3.05, 3.63) is 29.6 Å². The Hall–Kier alpha value is -1.09. The minimum Gasteiger partial charge on any atom is -0.375 e. The second-order valence-electron chi connectivity index (χ2n) is 5.08. The lowest BCUT2D eigenvalue weighted by molar-refractivity contribution is 0.0530. The van der Waals surface area contributed by atoms with Crippen molar-refractivity contribution in [1.29, 1.82) is 0 Å². The van der Waals surface area contributed by atoms with E-state index in [1.807, 2.05) is 25.1 Å². The molecule has 92 valence electrons. The lowest BCUT2D eigenvalue weighted by Gasteiger charge is -2.33. The number of benzene rings is 1. The van der Waals surface area contributed by atoms with Gasteiger partial charge in [-0.1, -0.05) is 12.1 Å². The van der Waals surface area contributed by atoms with Gasteiger partial charge < -0.3 is 9.64 Å². The molecule has 3 heteroatoms. The zero-order valence-corrected chi connectivity index (χ0v) is 10.2. The lowest BCUT2D eigenvalue weighted by Crippen LogP contribution is -2.41. The van der Waals surface area contributed by atoms with Gasteiger partial charge in [0.25, 0.3) is 0 Å². The first-order valence-corrected chi connectivity index (χ1v) is 6.40. The van der Waals surface area contributed by atoms with Crippen LogP contribution in [0.1, 0.15) is 31.2 Å². The van der Waals surface area contributed by atoms with E-state index in [0.29, 0.717) is 12.5 Å². The maximum absolute atomic E-state index is 14.4. The van der Waals surface area contributed by atoms with Crippen LogP contribution in [0.25, 0.3) is 0 Å². The Labute approximate surface area is 101 Å². The lowest BCUT2D eigenvalue weighted by atomic mass is 10.1. The first-order valence-electron chi connectivity index (χ1n) is 6.40. The largest absolute Gasteiger partial charge is 0.375 e. The van der Waals surface area contributed by atoms with Crippen LogP contribution in [0.3, 0.4) is 0 Å². The topological polar surface area (TPSA) is 12.5 Å². The van der Waals surface area contributed by atoms with Gasteiger partial charge in [-0.3, -0.25) is 0 Å². The van der Waals surface area contributed by atoms with Crippen LogP contribution in [-0.4, -0.2) is 25.8 Å². The fourth-order valence-electron chi connectivity index (χ4n) is 2.53. The Balaban J connectivity index is 1.88. The number of morpholine rings is 1. The zero-order chi connectivity index (χ0) is 11.8. The summed E-state index contributed by atoms with van der Waals surface area (Å²) < 4.78 is 19.9. The molecule has 1 atom stereocenters. The van der Waals surface area contributed by atoms with Crippen molar-refractivity contribution in [3.8, 4) is 0 Å². The molecule has 0 radical (unpaired) electrons. The Morgan fingerprint density at radius 2 is 2.18 bits per heavy atom. The Kier molecular flexibility index (Phi) is 2.79. The minimum absolute atomic E-state index is 0.0101. The quantitative estimate of drug-likeness (QED) is 0.781. The van der Waals surface area contributed by atoms with Gasteiger partial charge in [0.05, 0.1) is 18.4 Å². The highest BCUT2D eigenvalue weighted by molar-refractivity contribution is 5.52. The summed E-state index contributed by atoms with van der Waals surface area (Å²) in [7, 11) is 0. The zero-order valence-electron chi connectivity index (χ0n) is 10.2. The molecule has 0 aromatic heterocycles. The van der Waals surface area contributed by atoms with Gasteiger partial charge in [0.1, 0.15) is 5.82 Å². The third kappa shape index (κ3) is 2.16. The molecule has 1 saturated heterocycles. The third-order valence-corrected chi connectivity index (χ3v) is 3.61. The first kappa shape index (κ1) is 11.0. The summed E-state index contributed by atoms with van der Waals surface area (Å²) in [5.41, 5.74) is 1.66. The molecule has 2 fully saturated rings. The van der Waals surface area contributed by atoms with Crippen molar-refractivity contribution >= 4 is 5.69 Å². The van der Waals surface area contributed by atoms with Crippen LogP contribution in [0.2, 0.25) is 0 Å². The molecule has 0 N–H and O–H groups in total. The molecule has 1 aromatic carbocycles. The molecule has 1 aliphatic heterocycles. The third-order valence-electron chi connectivity index (χ3n) is 3.61. The highest BCUT2D eigenvalue weighted by Crippen LogP contribution is 2.43. The summed E-state index contributed by atoms with van der Waals surface area (Å²) in [6, 6.07) is 5.80. The number of halogens is 1. The van der Waals surface area contributed by atoms with Crippen LogP contribution in [0.5, 0.6) is 0 Å². The van der Waals surface area contributed by atoms with Gasteiger partial charge in [0.15, 0.2) is 0 Å². The molecule has 2 aliphatic rings. The molecular weight excluding hydrogens is 217 g/mol. The Morgan fingerprint density at radius 1 is 1.35 bits per heavy atom. The van der Waals surface area contributed by atoms with Crippen molar-refractivity contribution < 1.29 is 9.13 Å². The van der Waals surface area contributed by atoms with Crippen LogP contribution in [0, 0.1) is 5.82 Å². The van der Waals surface area contributed by atoms with E-state index in [1.165, 1.54) is 0 Å². The van der Waals surface area contributed by atoms with E-state index in [9.17, 15) is 4.39 Å². The molecule has 2 nitrogen and oxygen atoms in total. The van der Waals surface area contributed by atoms with Gasteiger partial charge in [-0.2, -0.15) is 0 Å². The van der Waals surface area contributed by atoms with E-state index >= 15 is 0 Å². The highest BCUT2D eigenvalue weighted by atomic mass is 19.1. The van der Waals surface area contributed by atoms with Gasteiger partial charge in [-0.05, 0) is 37.3 Å². The predicted molar refractivity (Wildman–Crippen MR) is 66.0 cm³/mol. The van der Waals surface area contributed by atoms with Crippen LogP contribution >= 0.6 is 0 Å². The van der Waals surface area contributed by atoms with Crippen LogP contribution in [0.15, 0.2) is 18.2 Å². The molecule has 3 rings (SSSR count). The average molecular weight is 235 g/mol. The van der Waals surface area contributed by atoms with Crippen molar-refractivity contribution in [2.45, 2.75) is 31.8 Å². The van der Waals surface area contributed by atoms with Crippen LogP contribution in [-0.2, 0) is 4.74 Å². The summed E-state index contributed by atoms with van der Waals surface area (Å²) in [6.07, 6.45) is 2.47. The van der Waals surface area contributed by atoms with E-state index < -0.39 is 0 Å². The van der Waals surface area contributed by atoms with E-state index in [1.54, 1.807) is 0 Å². The van der Waals surface area contributed by atoms with E-state index in [-0.39, 0.29) is 11.9 Å². The Morgan fingerprint density at radius 3 is 2.88 bits per heavy atom. The van der Waals surface area contributed by atoms with E-state index in [2.05, 4.69) is 4.90 Å². The highest BCUT2D eigenvalue weighted by Gasteiger charge is 2.29. The van der Waals surface area contributed by atoms with Crippen LogP contribution < -0.4 is 4.90 Å². The summed E-state index contributed by atoms with van der Waals surface area (Å²) in [5, 5.41) is 0. The molecule has 0 amide bonds. The van der Waals surface area contributed by atoms with Gasteiger partial charge in [-0.25, -0.2) is 4.39 Å². The molecule has 0 spiro atoms. The van der Waals surface area contributed by atoms with E-state index in [0.717, 1.165) is 37.2 Å². The minimum atomic E-state index is -0.0101. The summed E-state index contributed by atoms with van der Waals surface area (Å²) in [5.74, 6) is 0.456. The van der Waals surface area contributed by atoms with Gasteiger partial charge in [0, 0.05) is 13.1 Å². The Bertz CT molecular complexity index is 417. The van der Waals surface area contributed by atoms with Crippen molar-refractivity contribution in [1.82, 2.24) is 0 Å². The second-order valence-corrected chi connectivity index (χ2v) is 5.08. The van der Waals surface area contributed by atoms with Crippen LogP contribution in [0.4, 0.5) is 10.1 Å². The normalized spacial score (nSPS) is 25.1. The number of anilines is 1. The predicted octanol–water partition coefficient (Wildman–Crippen LogP) is 2.93. The maximum Gasteiger partial charge on any atom is 0.149 e. The molecule has 0 unspecified atom stereocenters. The maximum atomic E-state index is 14.4. The number of hydrogen-bond donors (Lipinski definition) is 0. The SMILES string of the molecule is C[C@@H]1CN(c2cccc(C3CC3)c2F)CCO1. The van der Waals surface area contributed by atoms with Gasteiger partial charge in [-0.15, -0.1) is 0 Å². The molecular formula is C14H18FNO. The fraction of sp³-hybridized carbons (Fsp3) is 0.571. The van der Waals surface area contributed by atoms with Crippen molar-refractivity contribution in [2.75, 3.05) is 24.6 Å². The fourth-order valence-corrected chi connectivity index (χ4v) is 2.53. The summed E-state index contributed by atoms with van der Waals surface area (Å²) in [4.78, 5) is 2.11. The molecule has 17 heavy (non-hydrogen) atoms. The monoisotopic (exact) mass is 235 g/mol. The van der Waals surface area contributed by atoms with E-state index in [4.69, 9.17) is 4.74 Å². The standard InChI is InChI=1S/C14H18FNO/c1-10-9-16(7-8-17-10)13-4-2-3-12(14(13)15)11-5-6-11/h2-4,10-11H,5-9H2,1H3/t10-/m1/s1. The van der Waals surface area contributed by atoms with Crippen molar-refractivity contribution in [3.63, 3.8) is 0 Å². The smallest absolute Gasteiger partial charge is 0.149 e. The van der Waals surface area contributed by atoms with Crippen molar-refractivity contribution in [2.24, 2.45) is 0 Å². The number of hydrogen-bond acceptors (Lipinski definition) is 2. The summed E-state index contributed by atoms with van der Waals surface area (Å²) >= 11 is 0. The average Bonchev–Trinajstić information content (AvgIpc) is 3.13. The molecule has 1 aliphatic carbocycles. The molecule has 1 heterocycles. The molecule has 0 bridgehead atoms. The molecule has 1 aromatic rings. The number of nitrogens with zero attached hydrogens (tertiary/aromatic N) is 1. The molecule has 1 saturated carbocycles.